The van der Waals surface area contributed by atoms with E-state index in [1.165, 1.54) is 24.4 Å². The summed E-state index contributed by atoms with van der Waals surface area (Å²) in [5.41, 5.74) is 0. The molecule has 0 aliphatic carbocycles. The van der Waals surface area contributed by atoms with Crippen molar-refractivity contribution in [2.75, 3.05) is 0 Å². The van der Waals surface area contributed by atoms with Gasteiger partial charge in [-0.1, -0.05) is 0 Å². The molecule has 0 aliphatic heterocycles. The van der Waals surface area contributed by atoms with Crippen LogP contribution in [0.4, 0.5) is 0 Å². The summed E-state index contributed by atoms with van der Waals surface area (Å²) in [7, 11) is 0. The summed E-state index contributed by atoms with van der Waals surface area (Å²) >= 11 is 2.23. The molecule has 0 atom stereocenters. The normalized spacial score (nSPS) is 9.17. The van der Waals surface area contributed by atoms with Crippen molar-refractivity contribution in [3.8, 4) is 0 Å². The quantitative estimate of drug-likeness (QED) is 0.356. The summed E-state index contributed by atoms with van der Waals surface area (Å²) in [6.45, 7) is 2.23. The average Bonchev–Trinajstić information content (AvgIpc) is 1.61. The Hall–Kier alpha value is 0.597. The third-order valence-corrected chi connectivity index (χ3v) is 0.957. The molecule has 0 saturated carbocycles. The molecular weight excluding hydrogens is 67.0 g/mol. The molecule has 0 heterocycles. The van der Waals surface area contributed by atoms with E-state index in [9.17, 15) is 0 Å². The Bertz CT molecular complexity index is 15.9. The molecule has 1 heteroatoms. The van der Waals surface area contributed by atoms with Crippen LogP contribution in [-0.2, 0) is 0 Å². The standard InChI is InChI=1S/C5H11.Li/c1-3-5-4-2;/h1,3-5H2,2H3;. The molecule has 0 aromatic rings. The van der Waals surface area contributed by atoms with Crippen LogP contribution in [0.2, 0.25) is 5.09 Å². The van der Waals surface area contributed by atoms with E-state index < -0.39 is 0 Å². The van der Waals surface area contributed by atoms with Crippen LogP contribution in [0.5, 0.6) is 0 Å². The Balaban J connectivity index is 2.34. The fraction of sp³-hybridized carbons (Fsp3) is 1.00. The van der Waals surface area contributed by atoms with Gasteiger partial charge in [0.25, 0.3) is 0 Å². The molecule has 0 amide bonds. The van der Waals surface area contributed by atoms with Gasteiger partial charge in [-0.15, -0.1) is 0 Å². The summed E-state index contributed by atoms with van der Waals surface area (Å²) in [6, 6.07) is 0. The van der Waals surface area contributed by atoms with Crippen LogP contribution in [0.25, 0.3) is 0 Å². The molecule has 0 saturated heterocycles. The van der Waals surface area contributed by atoms with Gasteiger partial charge in [-0.3, -0.25) is 0 Å². The zero-order valence-electron chi connectivity index (χ0n) is 4.83. The Morgan fingerprint density at radius 1 is 1.33 bits per heavy atom. The van der Waals surface area contributed by atoms with Crippen LogP contribution in [0.3, 0.4) is 0 Å². The number of hydrogen-bond donors (Lipinski definition) is 0. The van der Waals surface area contributed by atoms with E-state index in [0.717, 1.165) is 0 Å². The molecule has 32 valence electrons. The van der Waals surface area contributed by atoms with Gasteiger partial charge in [0, 0.05) is 0 Å². The third kappa shape index (κ3) is 4.60. The van der Waals surface area contributed by atoms with Crippen molar-refractivity contribution in [1.82, 2.24) is 0 Å². The van der Waals surface area contributed by atoms with Crippen molar-refractivity contribution in [2.24, 2.45) is 0 Å². The van der Waals surface area contributed by atoms with E-state index in [-0.39, 0.29) is 0 Å². The van der Waals surface area contributed by atoms with E-state index >= 15 is 0 Å². The third-order valence-electron chi connectivity index (χ3n) is 0.957. The minimum absolute atomic E-state index is 1.36. The SMILES string of the molecule is [Li][CH2]CCCC. The Morgan fingerprint density at radius 3 is 2.17 bits per heavy atom. The van der Waals surface area contributed by atoms with Crippen molar-refractivity contribution in [3.63, 3.8) is 0 Å². The summed E-state index contributed by atoms with van der Waals surface area (Å²) in [4.78, 5) is 0. The summed E-state index contributed by atoms with van der Waals surface area (Å²) < 4.78 is 0. The zero-order chi connectivity index (χ0) is 4.83. The first kappa shape index (κ1) is 6.60. The Morgan fingerprint density at radius 2 is 2.00 bits per heavy atom. The van der Waals surface area contributed by atoms with Crippen LogP contribution in [0.1, 0.15) is 26.2 Å². The van der Waals surface area contributed by atoms with Gasteiger partial charge in [0.15, 0.2) is 0 Å². The van der Waals surface area contributed by atoms with Crippen LogP contribution < -0.4 is 0 Å². The van der Waals surface area contributed by atoms with Crippen LogP contribution >= 0.6 is 0 Å². The second kappa shape index (κ2) is 5.60. The van der Waals surface area contributed by atoms with Gasteiger partial charge in [0.2, 0.25) is 0 Å². The van der Waals surface area contributed by atoms with Gasteiger partial charge in [-0.25, -0.2) is 0 Å². The molecule has 0 bridgehead atoms. The molecule has 0 N–H and O–H groups in total. The fourth-order valence-corrected chi connectivity index (χ4v) is 0.500. The molecule has 0 spiro atoms. The molecule has 0 aromatic heterocycles. The molecule has 0 unspecified atom stereocenters. The van der Waals surface area contributed by atoms with Gasteiger partial charge in [-0.2, -0.15) is 0 Å². The topological polar surface area (TPSA) is 0 Å². The molecule has 0 fully saturated rings. The van der Waals surface area contributed by atoms with Crippen molar-refractivity contribution in [3.05, 3.63) is 0 Å². The van der Waals surface area contributed by atoms with Gasteiger partial charge in [0.1, 0.15) is 0 Å². The van der Waals surface area contributed by atoms with Gasteiger partial charge in [0.05, 0.1) is 0 Å². The molecule has 0 nitrogen and oxygen atoms in total. The van der Waals surface area contributed by atoms with Crippen LogP contribution in [0, 0.1) is 0 Å². The number of rotatable bonds is 3. The van der Waals surface area contributed by atoms with Crippen molar-refractivity contribution in [1.29, 1.82) is 0 Å². The van der Waals surface area contributed by atoms with Crippen molar-refractivity contribution >= 4 is 17.7 Å². The first-order valence-corrected chi connectivity index (χ1v) is 2.91. The Labute approximate surface area is 49.5 Å². The number of hydrogen-bond acceptors (Lipinski definition) is 0. The summed E-state index contributed by atoms with van der Waals surface area (Å²) in [5, 5.41) is 1.36. The first-order chi connectivity index (χ1) is 2.91. The zero-order valence-corrected chi connectivity index (χ0v) is 4.83. The van der Waals surface area contributed by atoms with E-state index in [1.54, 1.807) is 0 Å². The van der Waals surface area contributed by atoms with Gasteiger partial charge >= 0.3 is 49.0 Å². The van der Waals surface area contributed by atoms with E-state index in [2.05, 4.69) is 24.6 Å². The van der Waals surface area contributed by atoms with Crippen LogP contribution in [-0.4, -0.2) is 17.7 Å². The average molecular weight is 78.1 g/mol. The fourth-order valence-electron chi connectivity index (χ4n) is 0.500. The first-order valence-electron chi connectivity index (χ1n) is 2.91. The Kier molecular flexibility index (Phi) is 6.15. The van der Waals surface area contributed by atoms with E-state index in [4.69, 9.17) is 0 Å². The predicted molar refractivity (Wildman–Crippen MR) is 30.1 cm³/mol. The molecule has 0 rings (SSSR count). The van der Waals surface area contributed by atoms with E-state index in [0.29, 0.717) is 0 Å². The molecule has 6 heavy (non-hydrogen) atoms. The molecule has 0 aromatic carbocycles. The van der Waals surface area contributed by atoms with Crippen molar-refractivity contribution < 1.29 is 0 Å². The molecule has 0 radical (unpaired) electrons. The predicted octanol–water partition coefficient (Wildman–Crippen LogP) is 1.76. The van der Waals surface area contributed by atoms with Gasteiger partial charge in [-0.05, 0) is 0 Å². The summed E-state index contributed by atoms with van der Waals surface area (Å²) in [5.74, 6) is 0. The van der Waals surface area contributed by atoms with Gasteiger partial charge < -0.3 is 0 Å². The maximum atomic E-state index is 2.23. The minimum atomic E-state index is 1.36. The monoisotopic (exact) mass is 78.1 g/mol. The second-order valence-corrected chi connectivity index (χ2v) is 1.71. The summed E-state index contributed by atoms with van der Waals surface area (Å²) in [6.07, 6.45) is 4.18. The van der Waals surface area contributed by atoms with Crippen LogP contribution in [0.15, 0.2) is 0 Å². The van der Waals surface area contributed by atoms with E-state index in [1.807, 2.05) is 0 Å². The number of unbranched alkanes of at least 4 members (excludes halogenated alkanes) is 2. The molecular formula is C5H11Li. The van der Waals surface area contributed by atoms with Crippen molar-refractivity contribution in [2.45, 2.75) is 31.3 Å². The molecule has 0 aliphatic rings. The second-order valence-electron chi connectivity index (χ2n) is 1.71. The maximum absolute atomic E-state index is 2.23.